The Balaban J connectivity index is 0.000000633. The molecule has 0 bridgehead atoms. The van der Waals surface area contributed by atoms with Crippen molar-refractivity contribution in [1.82, 2.24) is 10.3 Å². The van der Waals surface area contributed by atoms with E-state index in [1.54, 1.807) is 12.1 Å². The first-order valence-corrected chi connectivity index (χ1v) is 16.1. The predicted molar refractivity (Wildman–Crippen MR) is 186 cm³/mol. The van der Waals surface area contributed by atoms with Crippen LogP contribution in [0.3, 0.4) is 0 Å². The Morgan fingerprint density at radius 1 is 0.855 bits per heavy atom. The van der Waals surface area contributed by atoms with Crippen molar-refractivity contribution in [2.75, 3.05) is 25.1 Å². The van der Waals surface area contributed by atoms with Gasteiger partial charge in [-0.3, -0.25) is 9.78 Å². The topological polar surface area (TPSA) is 234 Å². The van der Waals surface area contributed by atoms with Crippen LogP contribution in [0.1, 0.15) is 53.9 Å². The number of aliphatic hydroxyl groups excluding tert-OH is 1. The zero-order chi connectivity index (χ0) is 41.7. The Hall–Kier alpha value is -6.02. The number of pyridine rings is 1. The number of ether oxygens (including phenoxy) is 2. The number of alkyl halides is 6. The summed E-state index contributed by atoms with van der Waals surface area (Å²) in [5, 5.41) is 51.4. The van der Waals surface area contributed by atoms with Crippen LogP contribution in [-0.4, -0.2) is 80.5 Å². The number of anilines is 2. The van der Waals surface area contributed by atoms with Gasteiger partial charge in [-0.1, -0.05) is 25.1 Å². The minimum Gasteiger partial charge on any atom is -0.504 e. The Kier molecular flexibility index (Phi) is 16.3. The van der Waals surface area contributed by atoms with Gasteiger partial charge in [-0.05, 0) is 61.2 Å². The van der Waals surface area contributed by atoms with Gasteiger partial charge in [0.05, 0.1) is 36.1 Å². The van der Waals surface area contributed by atoms with E-state index in [9.17, 15) is 46.5 Å². The van der Waals surface area contributed by atoms with Crippen molar-refractivity contribution in [2.24, 2.45) is 5.73 Å². The fraction of sp³-hybridized carbons (Fsp3) is 0.314. The average Bonchev–Trinajstić information content (AvgIpc) is 3.09. The Bertz CT molecular complexity index is 1930. The van der Waals surface area contributed by atoms with Gasteiger partial charge in [0.1, 0.15) is 0 Å². The molecule has 1 aromatic heterocycles. The van der Waals surface area contributed by atoms with Crippen LogP contribution in [0.2, 0.25) is 0 Å². The molecular formula is C35H38F6N4O10. The Morgan fingerprint density at radius 2 is 1.42 bits per heavy atom. The van der Waals surface area contributed by atoms with Crippen molar-refractivity contribution < 1.29 is 75.7 Å². The molecule has 0 aliphatic carbocycles. The lowest BCUT2D eigenvalue weighted by atomic mass is 10.0. The Morgan fingerprint density at radius 3 is 1.91 bits per heavy atom. The molecule has 20 heteroatoms. The number of hydrogen-bond donors (Lipinski definition) is 8. The SMILES string of the molecule is CCOc1cc2ncc(C(N)=O)c(Nc3cccc(CNCC(O)c4ccc(O)c(O)c4)c3CC)c2cc1OCC.O=C(O)C(F)(F)F.O=C(O)C(F)(F)F. The molecule has 3 aromatic carbocycles. The van der Waals surface area contributed by atoms with E-state index in [0.29, 0.717) is 59.8 Å². The molecule has 1 atom stereocenters. The number of fused-ring (bicyclic) bond motifs is 1. The van der Waals surface area contributed by atoms with Crippen molar-refractivity contribution in [3.05, 3.63) is 77.0 Å². The average molecular weight is 789 g/mol. The number of nitrogens with two attached hydrogens (primary N) is 1. The number of phenols is 2. The number of amides is 1. The number of hydrogen-bond acceptors (Lipinski definition) is 11. The van der Waals surface area contributed by atoms with Gasteiger partial charge in [0, 0.05) is 36.4 Å². The quantitative estimate of drug-likeness (QED) is 0.0580. The van der Waals surface area contributed by atoms with Gasteiger partial charge in [0.25, 0.3) is 5.91 Å². The number of aliphatic carboxylic acids is 2. The monoisotopic (exact) mass is 788 g/mol. The summed E-state index contributed by atoms with van der Waals surface area (Å²) < 4.78 is 75.0. The van der Waals surface area contributed by atoms with Crippen molar-refractivity contribution in [1.29, 1.82) is 0 Å². The van der Waals surface area contributed by atoms with Gasteiger partial charge in [0.2, 0.25) is 0 Å². The number of nitrogens with one attached hydrogen (secondary N) is 2. The van der Waals surface area contributed by atoms with Gasteiger partial charge in [-0.15, -0.1) is 0 Å². The van der Waals surface area contributed by atoms with Crippen LogP contribution in [0.5, 0.6) is 23.0 Å². The smallest absolute Gasteiger partial charge is 0.490 e. The fourth-order valence-corrected chi connectivity index (χ4v) is 4.74. The van der Waals surface area contributed by atoms with Crippen LogP contribution in [0, 0.1) is 0 Å². The molecule has 0 saturated carbocycles. The van der Waals surface area contributed by atoms with E-state index in [2.05, 4.69) is 15.6 Å². The number of carboxylic acid groups (broad SMARTS) is 2. The second-order valence-corrected chi connectivity index (χ2v) is 11.0. The molecule has 0 fully saturated rings. The van der Waals surface area contributed by atoms with Crippen LogP contribution in [0.4, 0.5) is 37.7 Å². The maximum atomic E-state index is 12.4. The normalized spacial score (nSPS) is 11.7. The van der Waals surface area contributed by atoms with Crippen molar-refractivity contribution in [3.63, 3.8) is 0 Å². The van der Waals surface area contributed by atoms with Gasteiger partial charge >= 0.3 is 24.3 Å². The molecule has 4 rings (SSSR count). The number of halogens is 6. The summed E-state index contributed by atoms with van der Waals surface area (Å²) in [4.78, 5) is 34.7. The number of carbonyl (C=O) groups excluding carboxylic acids is 1. The molecule has 9 N–H and O–H groups in total. The highest BCUT2D eigenvalue weighted by Gasteiger charge is 2.39. The molecule has 55 heavy (non-hydrogen) atoms. The van der Waals surface area contributed by atoms with Crippen LogP contribution >= 0.6 is 0 Å². The van der Waals surface area contributed by atoms with Crippen molar-refractivity contribution in [2.45, 2.75) is 52.2 Å². The van der Waals surface area contributed by atoms with E-state index in [4.69, 9.17) is 35.0 Å². The molecule has 0 aliphatic heterocycles. The third-order valence-corrected chi connectivity index (χ3v) is 7.21. The number of benzene rings is 3. The number of nitrogens with zero attached hydrogens (tertiary/aromatic N) is 1. The van der Waals surface area contributed by atoms with Crippen LogP contribution in [0.15, 0.2) is 54.7 Å². The number of phenolic OH excluding ortho intramolecular Hbond substituents is 2. The van der Waals surface area contributed by atoms with E-state index < -0.39 is 36.3 Å². The van der Waals surface area contributed by atoms with E-state index in [-0.39, 0.29) is 23.6 Å². The standard InChI is InChI=1S/C31H36N4O6.2C2HF3O2/c1-4-20-19(15-33-17-27(38)18-10-11-25(36)26(37)12-18)8-7-9-23(20)35-30-21-13-28(40-5-2)29(41-6-3)14-24(21)34-16-22(30)31(32)39;2*3-2(4,5)1(6)7/h7-14,16,27,33,36-38H,4-6,15,17H2,1-3H3,(H2,32,39)(H,34,35);2*(H,6,7). The highest BCUT2D eigenvalue weighted by molar-refractivity contribution is 6.08. The first-order valence-electron chi connectivity index (χ1n) is 16.1. The van der Waals surface area contributed by atoms with Gasteiger partial charge in [-0.25, -0.2) is 9.59 Å². The summed E-state index contributed by atoms with van der Waals surface area (Å²) in [6.45, 7) is 7.42. The highest BCUT2D eigenvalue weighted by Crippen LogP contribution is 2.38. The summed E-state index contributed by atoms with van der Waals surface area (Å²) in [6.07, 6.45) is -8.89. The minimum absolute atomic E-state index is 0.230. The summed E-state index contributed by atoms with van der Waals surface area (Å²) in [5.74, 6) is -5.54. The van der Waals surface area contributed by atoms with E-state index in [0.717, 1.165) is 16.8 Å². The van der Waals surface area contributed by atoms with E-state index >= 15 is 0 Å². The summed E-state index contributed by atoms with van der Waals surface area (Å²) in [5.41, 5.74) is 10.5. The molecule has 14 nitrogen and oxygen atoms in total. The molecular weight excluding hydrogens is 750 g/mol. The summed E-state index contributed by atoms with van der Waals surface area (Å²) in [6, 6.07) is 13.7. The maximum Gasteiger partial charge on any atom is 0.490 e. The van der Waals surface area contributed by atoms with Gasteiger partial charge < -0.3 is 51.4 Å². The lowest BCUT2D eigenvalue weighted by molar-refractivity contribution is -0.193. The van der Waals surface area contributed by atoms with Crippen molar-refractivity contribution in [3.8, 4) is 23.0 Å². The van der Waals surface area contributed by atoms with E-state index in [1.165, 1.54) is 18.3 Å². The van der Waals surface area contributed by atoms with Crippen LogP contribution in [0.25, 0.3) is 10.9 Å². The second kappa shape index (κ2) is 19.9. The summed E-state index contributed by atoms with van der Waals surface area (Å²) >= 11 is 0. The highest BCUT2D eigenvalue weighted by atomic mass is 19.4. The number of carboxylic acids is 2. The van der Waals surface area contributed by atoms with Crippen LogP contribution in [-0.2, 0) is 22.6 Å². The van der Waals surface area contributed by atoms with Gasteiger partial charge in [-0.2, -0.15) is 26.3 Å². The number of primary amides is 1. The lowest BCUT2D eigenvalue weighted by Gasteiger charge is -2.20. The molecule has 0 spiro atoms. The number of aromatic nitrogens is 1. The van der Waals surface area contributed by atoms with E-state index in [1.807, 2.05) is 45.0 Å². The third kappa shape index (κ3) is 13.1. The number of rotatable bonds is 13. The molecule has 300 valence electrons. The zero-order valence-electron chi connectivity index (χ0n) is 29.4. The van der Waals surface area contributed by atoms with Crippen LogP contribution < -0.4 is 25.8 Å². The second-order valence-electron chi connectivity index (χ2n) is 11.0. The number of aromatic hydroxyl groups is 2. The molecule has 4 aromatic rings. The maximum absolute atomic E-state index is 12.4. The number of carbonyl (C=O) groups is 3. The molecule has 0 saturated heterocycles. The molecule has 1 amide bonds. The number of aliphatic hydroxyl groups is 1. The van der Waals surface area contributed by atoms with Crippen molar-refractivity contribution >= 4 is 40.1 Å². The largest absolute Gasteiger partial charge is 0.504 e. The lowest BCUT2D eigenvalue weighted by Crippen LogP contribution is -2.22. The Labute approximate surface area is 309 Å². The molecule has 1 heterocycles. The third-order valence-electron chi connectivity index (χ3n) is 7.21. The first-order chi connectivity index (χ1) is 25.7. The minimum atomic E-state index is -5.08. The predicted octanol–water partition coefficient (Wildman–Crippen LogP) is 5.94. The molecule has 1 unspecified atom stereocenters. The first kappa shape index (κ1) is 45.1. The zero-order valence-corrected chi connectivity index (χ0v) is 29.4. The van der Waals surface area contributed by atoms with Gasteiger partial charge in [0.15, 0.2) is 23.0 Å². The fourth-order valence-electron chi connectivity index (χ4n) is 4.74. The molecule has 0 radical (unpaired) electrons. The summed E-state index contributed by atoms with van der Waals surface area (Å²) in [7, 11) is 0. The molecule has 0 aliphatic rings.